The third kappa shape index (κ3) is 3.77. The van der Waals surface area contributed by atoms with Crippen molar-refractivity contribution in [1.82, 2.24) is 0 Å². The molecule has 0 fully saturated rings. The van der Waals surface area contributed by atoms with Gasteiger partial charge >= 0.3 is 0 Å². The second-order valence-corrected chi connectivity index (χ2v) is 5.41. The molecule has 5 nitrogen and oxygen atoms in total. The molecule has 2 rings (SSSR count). The zero-order valence-electron chi connectivity index (χ0n) is 10.8. The number of benzene rings is 2. The second-order valence-electron chi connectivity index (χ2n) is 4.05. The van der Waals surface area contributed by atoms with Gasteiger partial charge in [-0.05, 0) is 29.8 Å². The van der Waals surface area contributed by atoms with Gasteiger partial charge in [-0.2, -0.15) is 8.42 Å². The fourth-order valence-corrected chi connectivity index (χ4v) is 2.63. The van der Waals surface area contributed by atoms with E-state index in [9.17, 15) is 21.8 Å². The molecule has 0 unspecified atom stereocenters. The van der Waals surface area contributed by atoms with E-state index >= 15 is 0 Å². The molecule has 22 heavy (non-hydrogen) atoms. The Bertz CT molecular complexity index is 801. The average Bonchev–Trinajstić information content (AvgIpc) is 2.34. The minimum Gasteiger partial charge on any atom is -0.396 e. The van der Waals surface area contributed by atoms with E-state index < -0.39 is 32.3 Å². The van der Waals surface area contributed by atoms with Crippen molar-refractivity contribution in [3.63, 3.8) is 0 Å². The summed E-state index contributed by atoms with van der Waals surface area (Å²) in [6.07, 6.45) is 0. The zero-order chi connectivity index (χ0) is 15.1. The molecule has 0 atom stereocenters. The molecule has 2 aromatic carbocycles. The van der Waals surface area contributed by atoms with E-state index in [1.54, 1.807) is 0 Å². The van der Waals surface area contributed by atoms with Crippen LogP contribution < -0.4 is 11.5 Å². The Labute approximate surface area is 137 Å². The molecule has 2 aromatic rings. The Morgan fingerprint density at radius 2 is 1.50 bits per heavy atom. The van der Waals surface area contributed by atoms with Crippen molar-refractivity contribution in [3.8, 4) is 11.1 Å². The standard InChI is InChI=1S/C12H10F2N2O3S.2ClH/c13-8-3-1-6(5-10(8)15)7-2-4-9(14)11(16)12(7)20(17,18)19;;/h1-5H,15-16H2,(H,17,18,19);2*1H. The van der Waals surface area contributed by atoms with Crippen molar-refractivity contribution >= 4 is 46.3 Å². The number of rotatable bonds is 2. The van der Waals surface area contributed by atoms with Gasteiger partial charge in [-0.15, -0.1) is 24.8 Å². The third-order valence-electron chi connectivity index (χ3n) is 2.71. The first-order chi connectivity index (χ1) is 9.21. The highest BCUT2D eigenvalue weighted by Crippen LogP contribution is 2.34. The summed E-state index contributed by atoms with van der Waals surface area (Å²) in [5.41, 5.74) is 9.93. The fraction of sp³-hybridized carbons (Fsp3) is 0. The smallest absolute Gasteiger partial charge is 0.297 e. The summed E-state index contributed by atoms with van der Waals surface area (Å²) in [5.74, 6) is -1.67. The Morgan fingerprint density at radius 3 is 2.00 bits per heavy atom. The SMILES string of the molecule is Cl.Cl.Nc1cc(-c2ccc(F)c(N)c2S(=O)(=O)O)ccc1F. The number of halogens is 4. The molecule has 0 amide bonds. The summed E-state index contributed by atoms with van der Waals surface area (Å²) >= 11 is 0. The minimum atomic E-state index is -4.76. The van der Waals surface area contributed by atoms with Crippen LogP contribution in [0.25, 0.3) is 11.1 Å². The summed E-state index contributed by atoms with van der Waals surface area (Å²) in [7, 11) is -4.76. The summed E-state index contributed by atoms with van der Waals surface area (Å²) in [4.78, 5) is -0.775. The molecule has 5 N–H and O–H groups in total. The highest BCUT2D eigenvalue weighted by Gasteiger charge is 2.23. The molecular formula is C12H12Cl2F2N2O3S. The van der Waals surface area contributed by atoms with Gasteiger partial charge < -0.3 is 11.5 Å². The van der Waals surface area contributed by atoms with Gasteiger partial charge in [0.15, 0.2) is 0 Å². The summed E-state index contributed by atoms with van der Waals surface area (Å²) in [6, 6.07) is 5.49. The van der Waals surface area contributed by atoms with Crippen LogP contribution >= 0.6 is 24.8 Å². The molecule has 0 aliphatic heterocycles. The second kappa shape index (κ2) is 7.10. The summed E-state index contributed by atoms with van der Waals surface area (Å²) < 4.78 is 58.4. The number of nitrogen functional groups attached to an aromatic ring is 2. The van der Waals surface area contributed by atoms with Gasteiger partial charge in [0, 0.05) is 5.56 Å². The van der Waals surface area contributed by atoms with Gasteiger partial charge in [0.05, 0.1) is 11.4 Å². The van der Waals surface area contributed by atoms with Gasteiger partial charge in [-0.25, -0.2) is 8.78 Å². The quantitative estimate of drug-likeness (QED) is 0.554. The van der Waals surface area contributed by atoms with Crippen LogP contribution in [0.3, 0.4) is 0 Å². The molecule has 122 valence electrons. The molecule has 0 radical (unpaired) electrons. The number of anilines is 2. The monoisotopic (exact) mass is 372 g/mol. The van der Waals surface area contributed by atoms with Gasteiger partial charge in [0.25, 0.3) is 10.1 Å². The minimum absolute atomic E-state index is 0. The van der Waals surface area contributed by atoms with Gasteiger partial charge in [-0.1, -0.05) is 6.07 Å². The van der Waals surface area contributed by atoms with Crippen LogP contribution in [0.5, 0.6) is 0 Å². The molecule has 0 aliphatic rings. The van der Waals surface area contributed by atoms with Crippen LogP contribution in [0.2, 0.25) is 0 Å². The van der Waals surface area contributed by atoms with Gasteiger partial charge in [0.1, 0.15) is 16.5 Å². The van der Waals surface area contributed by atoms with Crippen molar-refractivity contribution in [3.05, 3.63) is 42.0 Å². The number of hydrogen-bond donors (Lipinski definition) is 3. The van der Waals surface area contributed by atoms with Crippen LogP contribution in [-0.4, -0.2) is 13.0 Å². The lowest BCUT2D eigenvalue weighted by atomic mass is 10.0. The van der Waals surface area contributed by atoms with E-state index in [0.29, 0.717) is 0 Å². The maximum Gasteiger partial charge on any atom is 0.297 e. The van der Waals surface area contributed by atoms with E-state index in [-0.39, 0.29) is 41.6 Å². The molecule has 0 aromatic heterocycles. The first-order valence-corrected chi connectivity index (χ1v) is 6.76. The maximum atomic E-state index is 13.4. The Balaban J connectivity index is 0.00000220. The van der Waals surface area contributed by atoms with Crippen molar-refractivity contribution in [2.75, 3.05) is 11.5 Å². The van der Waals surface area contributed by atoms with E-state index in [0.717, 1.165) is 24.3 Å². The Hall–Kier alpha value is -1.61. The highest BCUT2D eigenvalue weighted by atomic mass is 35.5. The van der Waals surface area contributed by atoms with Crippen LogP contribution in [0.1, 0.15) is 0 Å². The largest absolute Gasteiger partial charge is 0.396 e. The maximum absolute atomic E-state index is 13.4. The first-order valence-electron chi connectivity index (χ1n) is 5.32. The molecule has 0 bridgehead atoms. The normalized spacial score (nSPS) is 10.5. The van der Waals surface area contributed by atoms with Crippen LogP contribution in [0.4, 0.5) is 20.2 Å². The van der Waals surface area contributed by atoms with Crippen LogP contribution in [0, 0.1) is 11.6 Å². The molecule has 10 heteroatoms. The lowest BCUT2D eigenvalue weighted by Crippen LogP contribution is -2.07. The van der Waals surface area contributed by atoms with E-state index in [4.69, 9.17) is 11.5 Å². The van der Waals surface area contributed by atoms with E-state index in [1.165, 1.54) is 6.07 Å². The predicted octanol–water partition coefficient (Wildman–Crippen LogP) is 2.89. The molecule has 0 heterocycles. The summed E-state index contributed by atoms with van der Waals surface area (Å²) in [5, 5.41) is 0. The van der Waals surface area contributed by atoms with Crippen LogP contribution in [-0.2, 0) is 10.1 Å². The van der Waals surface area contributed by atoms with Crippen LogP contribution in [0.15, 0.2) is 35.2 Å². The topological polar surface area (TPSA) is 106 Å². The molecular weight excluding hydrogens is 361 g/mol. The van der Waals surface area contributed by atoms with Gasteiger partial charge in [0.2, 0.25) is 0 Å². The Kier molecular flexibility index (Phi) is 6.58. The Morgan fingerprint density at radius 1 is 0.955 bits per heavy atom. The lowest BCUT2D eigenvalue weighted by Gasteiger charge is -2.11. The number of nitrogens with two attached hydrogens (primary N) is 2. The van der Waals surface area contributed by atoms with Crippen molar-refractivity contribution in [1.29, 1.82) is 0 Å². The zero-order valence-corrected chi connectivity index (χ0v) is 13.2. The average molecular weight is 373 g/mol. The fourth-order valence-electron chi connectivity index (χ4n) is 1.79. The number of hydrogen-bond acceptors (Lipinski definition) is 4. The van der Waals surface area contributed by atoms with E-state index in [1.807, 2.05) is 0 Å². The first kappa shape index (κ1) is 20.4. The summed E-state index contributed by atoms with van der Waals surface area (Å²) in [6.45, 7) is 0. The third-order valence-corrected chi connectivity index (χ3v) is 3.66. The van der Waals surface area contributed by atoms with Gasteiger partial charge in [-0.3, -0.25) is 4.55 Å². The van der Waals surface area contributed by atoms with Crippen molar-refractivity contribution in [2.45, 2.75) is 4.90 Å². The molecule has 0 saturated heterocycles. The molecule has 0 spiro atoms. The van der Waals surface area contributed by atoms with Crippen molar-refractivity contribution < 1.29 is 21.8 Å². The lowest BCUT2D eigenvalue weighted by molar-refractivity contribution is 0.483. The predicted molar refractivity (Wildman–Crippen MR) is 84.9 cm³/mol. The molecule has 0 aliphatic carbocycles. The van der Waals surface area contributed by atoms with Crippen molar-refractivity contribution in [2.24, 2.45) is 0 Å². The molecule has 0 saturated carbocycles. The highest BCUT2D eigenvalue weighted by molar-refractivity contribution is 7.86. The van der Waals surface area contributed by atoms with E-state index in [2.05, 4.69) is 0 Å².